The van der Waals surface area contributed by atoms with Crippen molar-refractivity contribution in [3.05, 3.63) is 29.8 Å². The minimum atomic E-state index is 0.298. The van der Waals surface area contributed by atoms with Crippen molar-refractivity contribution in [2.24, 2.45) is 10.9 Å². The second-order valence-corrected chi connectivity index (χ2v) is 8.72. The lowest BCUT2D eigenvalue weighted by Crippen LogP contribution is -2.40. The summed E-state index contributed by atoms with van der Waals surface area (Å²) < 4.78 is 5.47. The van der Waals surface area contributed by atoms with E-state index in [0.29, 0.717) is 6.04 Å². The van der Waals surface area contributed by atoms with E-state index < -0.39 is 0 Å². The van der Waals surface area contributed by atoms with Gasteiger partial charge < -0.3 is 20.3 Å². The molecule has 2 aliphatic rings. The van der Waals surface area contributed by atoms with Gasteiger partial charge in [0.05, 0.1) is 19.7 Å². The molecule has 0 aromatic heterocycles. The Morgan fingerprint density at radius 2 is 1.93 bits per heavy atom. The van der Waals surface area contributed by atoms with Crippen LogP contribution in [0.5, 0.6) is 5.75 Å². The molecule has 0 saturated carbocycles. The third-order valence-corrected chi connectivity index (χ3v) is 6.51. The molecule has 2 aliphatic heterocycles. The molecule has 168 valence electrons. The fourth-order valence-corrected chi connectivity index (χ4v) is 4.60. The van der Waals surface area contributed by atoms with Gasteiger partial charge in [0.25, 0.3) is 0 Å². The number of piperidine rings is 1. The van der Waals surface area contributed by atoms with E-state index in [-0.39, 0.29) is 0 Å². The number of ether oxygens (including phenoxy) is 1. The monoisotopic (exact) mass is 415 g/mol. The van der Waals surface area contributed by atoms with Crippen LogP contribution in [-0.2, 0) is 0 Å². The van der Waals surface area contributed by atoms with Crippen molar-refractivity contribution in [1.29, 1.82) is 0 Å². The van der Waals surface area contributed by atoms with Crippen molar-refractivity contribution in [1.82, 2.24) is 20.4 Å². The molecule has 1 unspecified atom stereocenters. The van der Waals surface area contributed by atoms with E-state index >= 15 is 0 Å². The van der Waals surface area contributed by atoms with Crippen LogP contribution in [0, 0.1) is 5.92 Å². The van der Waals surface area contributed by atoms with Crippen molar-refractivity contribution in [2.75, 3.05) is 60.0 Å². The number of guanidine groups is 1. The van der Waals surface area contributed by atoms with Crippen LogP contribution < -0.4 is 15.4 Å². The van der Waals surface area contributed by atoms with E-state index in [1.165, 1.54) is 50.8 Å². The molecule has 0 spiro atoms. The summed E-state index contributed by atoms with van der Waals surface area (Å²) in [5, 5.41) is 7.02. The van der Waals surface area contributed by atoms with Crippen molar-refractivity contribution in [3.8, 4) is 5.75 Å². The number of rotatable bonds is 9. The topological polar surface area (TPSA) is 52.1 Å². The summed E-state index contributed by atoms with van der Waals surface area (Å²) in [7, 11) is 3.96. The van der Waals surface area contributed by atoms with Crippen LogP contribution in [0.3, 0.4) is 0 Å². The molecule has 0 amide bonds. The lowest BCUT2D eigenvalue weighted by Gasteiger charge is -2.29. The highest BCUT2D eigenvalue weighted by Crippen LogP contribution is 2.28. The molecular weight excluding hydrogens is 374 g/mol. The first-order valence-electron chi connectivity index (χ1n) is 11.8. The molecule has 1 aromatic carbocycles. The van der Waals surface area contributed by atoms with Crippen LogP contribution in [0.4, 0.5) is 0 Å². The summed E-state index contributed by atoms with van der Waals surface area (Å²) in [6.07, 6.45) is 6.42. The second kappa shape index (κ2) is 12.2. The van der Waals surface area contributed by atoms with Gasteiger partial charge in [0.2, 0.25) is 0 Å². The Labute approximate surface area is 183 Å². The van der Waals surface area contributed by atoms with E-state index in [9.17, 15) is 0 Å². The van der Waals surface area contributed by atoms with Crippen LogP contribution in [-0.4, -0.2) is 75.7 Å². The Hall–Kier alpha value is -1.79. The van der Waals surface area contributed by atoms with Gasteiger partial charge in [0.15, 0.2) is 5.96 Å². The Morgan fingerprint density at radius 1 is 1.17 bits per heavy atom. The number of methoxy groups -OCH3 is 1. The maximum absolute atomic E-state index is 5.47. The average Bonchev–Trinajstić information content (AvgIpc) is 3.30. The summed E-state index contributed by atoms with van der Waals surface area (Å²) in [6, 6.07) is 8.78. The molecule has 0 radical (unpaired) electrons. The molecule has 3 rings (SSSR count). The molecular formula is C24H41N5O. The largest absolute Gasteiger partial charge is 0.497 e. The van der Waals surface area contributed by atoms with E-state index in [4.69, 9.17) is 9.73 Å². The van der Waals surface area contributed by atoms with Crippen LogP contribution in [0.25, 0.3) is 0 Å². The highest BCUT2D eigenvalue weighted by molar-refractivity contribution is 5.79. The first-order chi connectivity index (χ1) is 14.7. The number of nitrogens with one attached hydrogen (secondary N) is 2. The van der Waals surface area contributed by atoms with Crippen molar-refractivity contribution < 1.29 is 4.74 Å². The van der Waals surface area contributed by atoms with E-state index in [1.807, 2.05) is 6.07 Å². The van der Waals surface area contributed by atoms with Gasteiger partial charge in [0, 0.05) is 13.1 Å². The summed E-state index contributed by atoms with van der Waals surface area (Å²) in [5.41, 5.74) is 1.29. The number of hydrogen-bond acceptors (Lipinski definition) is 4. The third kappa shape index (κ3) is 6.88. The molecule has 30 heavy (non-hydrogen) atoms. The zero-order valence-corrected chi connectivity index (χ0v) is 19.2. The molecule has 2 fully saturated rings. The number of nitrogens with zero attached hydrogens (tertiary/aromatic N) is 3. The normalized spacial score (nSPS) is 20.3. The predicted octanol–water partition coefficient (Wildman–Crippen LogP) is 3.12. The van der Waals surface area contributed by atoms with Crippen LogP contribution in [0.2, 0.25) is 0 Å². The maximum Gasteiger partial charge on any atom is 0.191 e. The Balaban J connectivity index is 1.60. The molecule has 0 aliphatic carbocycles. The quantitative estimate of drug-likeness (QED) is 0.479. The first kappa shape index (κ1) is 22.9. The van der Waals surface area contributed by atoms with Gasteiger partial charge in [-0.15, -0.1) is 0 Å². The molecule has 0 bridgehead atoms. The van der Waals surface area contributed by atoms with Crippen LogP contribution in [0.1, 0.15) is 50.6 Å². The lowest BCUT2D eigenvalue weighted by atomic mass is 9.94. The van der Waals surface area contributed by atoms with Gasteiger partial charge in [-0.3, -0.25) is 9.89 Å². The highest BCUT2D eigenvalue weighted by atomic mass is 16.5. The lowest BCUT2D eigenvalue weighted by molar-refractivity contribution is 0.213. The molecule has 2 N–H and O–H groups in total. The Kier molecular flexibility index (Phi) is 9.27. The number of hydrogen-bond donors (Lipinski definition) is 2. The Morgan fingerprint density at radius 3 is 2.63 bits per heavy atom. The van der Waals surface area contributed by atoms with E-state index in [2.05, 4.69) is 52.6 Å². The van der Waals surface area contributed by atoms with Crippen molar-refractivity contribution in [3.63, 3.8) is 0 Å². The second-order valence-electron chi connectivity index (χ2n) is 8.72. The SMILES string of the molecule is CCNC(=NCC(c1cccc(OC)c1)N1CCCC1)NCCC1CCN(C)CC1. The minimum absolute atomic E-state index is 0.298. The number of benzene rings is 1. The summed E-state index contributed by atoms with van der Waals surface area (Å²) in [5.74, 6) is 2.70. The van der Waals surface area contributed by atoms with Crippen LogP contribution >= 0.6 is 0 Å². The van der Waals surface area contributed by atoms with Crippen LogP contribution in [0.15, 0.2) is 29.3 Å². The van der Waals surface area contributed by atoms with Gasteiger partial charge in [-0.2, -0.15) is 0 Å². The molecule has 6 nitrogen and oxygen atoms in total. The summed E-state index contributed by atoms with van der Waals surface area (Å²) in [4.78, 5) is 10.00. The van der Waals surface area contributed by atoms with E-state index in [0.717, 1.165) is 50.4 Å². The number of likely N-dealkylation sites (tertiary alicyclic amines) is 2. The van der Waals surface area contributed by atoms with E-state index in [1.54, 1.807) is 7.11 Å². The molecule has 1 atom stereocenters. The zero-order chi connectivity index (χ0) is 21.2. The predicted molar refractivity (Wildman–Crippen MR) is 125 cm³/mol. The Bertz CT molecular complexity index is 651. The maximum atomic E-state index is 5.47. The standard InChI is InChI=1S/C24H41N5O/c1-4-25-24(26-13-10-20-11-16-28(2)17-12-20)27-19-23(29-14-5-6-15-29)21-8-7-9-22(18-21)30-3/h7-9,18,20,23H,4-6,10-17,19H2,1-3H3,(H2,25,26,27). The zero-order valence-electron chi connectivity index (χ0n) is 19.2. The van der Waals surface area contributed by atoms with Crippen molar-refractivity contribution in [2.45, 2.75) is 45.1 Å². The smallest absolute Gasteiger partial charge is 0.191 e. The third-order valence-electron chi connectivity index (χ3n) is 6.51. The van der Waals surface area contributed by atoms with Gasteiger partial charge in [-0.05, 0) is 95.9 Å². The molecule has 2 saturated heterocycles. The van der Waals surface area contributed by atoms with Gasteiger partial charge in [0.1, 0.15) is 5.75 Å². The van der Waals surface area contributed by atoms with Gasteiger partial charge in [-0.1, -0.05) is 12.1 Å². The average molecular weight is 416 g/mol. The first-order valence-corrected chi connectivity index (χ1v) is 11.8. The fourth-order valence-electron chi connectivity index (χ4n) is 4.60. The summed E-state index contributed by atoms with van der Waals surface area (Å²) in [6.45, 7) is 9.54. The minimum Gasteiger partial charge on any atom is -0.497 e. The highest BCUT2D eigenvalue weighted by Gasteiger charge is 2.24. The van der Waals surface area contributed by atoms with Gasteiger partial charge >= 0.3 is 0 Å². The summed E-state index contributed by atoms with van der Waals surface area (Å²) >= 11 is 0. The number of aliphatic imine (C=N–C) groups is 1. The molecule has 2 heterocycles. The van der Waals surface area contributed by atoms with Crippen molar-refractivity contribution >= 4 is 5.96 Å². The fraction of sp³-hybridized carbons (Fsp3) is 0.708. The molecule has 6 heteroatoms. The van der Waals surface area contributed by atoms with Gasteiger partial charge in [-0.25, -0.2) is 0 Å². The molecule has 1 aromatic rings.